The lowest BCUT2D eigenvalue weighted by molar-refractivity contribution is 0.0969. The van der Waals surface area contributed by atoms with Gasteiger partial charge in [-0.25, -0.2) is 0 Å². The van der Waals surface area contributed by atoms with Crippen molar-refractivity contribution in [3.63, 3.8) is 0 Å². The minimum atomic E-state index is 0.0366. The Kier molecular flexibility index (Phi) is 3.14. The lowest BCUT2D eigenvalue weighted by Gasteiger charge is -2.07. The average molecular weight is 230 g/mol. The number of benzene rings is 1. The molecule has 1 fully saturated rings. The highest BCUT2D eigenvalue weighted by Crippen LogP contribution is 2.49. The molecule has 1 aliphatic rings. The minimum Gasteiger partial charge on any atom is -0.295 e. The predicted molar refractivity (Wildman–Crippen MR) is 67.4 cm³/mol. The van der Waals surface area contributed by atoms with Crippen molar-refractivity contribution in [2.75, 3.05) is 0 Å². The van der Waals surface area contributed by atoms with Crippen LogP contribution in [0.25, 0.3) is 0 Å². The van der Waals surface area contributed by atoms with Gasteiger partial charge in [-0.2, -0.15) is 0 Å². The molecule has 1 saturated carbocycles. The molecule has 2 rings (SSSR count). The fourth-order valence-electron chi connectivity index (χ4n) is 1.91. The number of carbonyl (C=O) groups excluding carboxylic acids is 2. The zero-order valence-corrected chi connectivity index (χ0v) is 10.5. The third kappa shape index (κ3) is 3.02. The Hall–Kier alpha value is -1.44. The molecule has 1 aromatic rings. The van der Waals surface area contributed by atoms with Crippen molar-refractivity contribution in [1.82, 2.24) is 0 Å². The van der Waals surface area contributed by atoms with E-state index in [0.29, 0.717) is 17.4 Å². The lowest BCUT2D eigenvalue weighted by Crippen LogP contribution is -2.03. The molecule has 2 heteroatoms. The van der Waals surface area contributed by atoms with E-state index in [-0.39, 0.29) is 11.6 Å². The number of ketones is 2. The van der Waals surface area contributed by atoms with E-state index < -0.39 is 0 Å². The molecule has 0 spiro atoms. The van der Waals surface area contributed by atoms with Gasteiger partial charge in [0.05, 0.1) is 0 Å². The third-order valence-electron chi connectivity index (χ3n) is 3.67. The Morgan fingerprint density at radius 3 is 2.12 bits per heavy atom. The van der Waals surface area contributed by atoms with Gasteiger partial charge in [-0.1, -0.05) is 31.2 Å². The summed E-state index contributed by atoms with van der Waals surface area (Å²) >= 11 is 0. The van der Waals surface area contributed by atoms with Crippen LogP contribution in [0.15, 0.2) is 24.3 Å². The summed E-state index contributed by atoms with van der Waals surface area (Å²) < 4.78 is 0. The van der Waals surface area contributed by atoms with E-state index in [4.69, 9.17) is 0 Å². The topological polar surface area (TPSA) is 34.1 Å². The number of hydrogen-bond donors (Lipinski definition) is 0. The summed E-state index contributed by atoms with van der Waals surface area (Å²) in [7, 11) is 0. The molecule has 17 heavy (non-hydrogen) atoms. The molecule has 0 saturated heterocycles. The van der Waals surface area contributed by atoms with Gasteiger partial charge < -0.3 is 0 Å². The summed E-state index contributed by atoms with van der Waals surface area (Å²) in [5, 5.41) is 0. The lowest BCUT2D eigenvalue weighted by atomic mass is 9.97. The predicted octanol–water partition coefficient (Wildman–Crippen LogP) is 3.65. The van der Waals surface area contributed by atoms with Crippen LogP contribution in [0.1, 0.15) is 60.2 Å². The summed E-state index contributed by atoms with van der Waals surface area (Å²) in [4.78, 5) is 23.0. The van der Waals surface area contributed by atoms with E-state index in [1.165, 1.54) is 19.8 Å². The van der Waals surface area contributed by atoms with Crippen LogP contribution in [0.3, 0.4) is 0 Å². The SMILES string of the molecule is CC(=O)c1ccc(C(=O)CCC2(C)CC2)cc1. The minimum absolute atomic E-state index is 0.0366. The van der Waals surface area contributed by atoms with Crippen molar-refractivity contribution in [1.29, 1.82) is 0 Å². The zero-order chi connectivity index (χ0) is 12.5. The number of rotatable bonds is 5. The monoisotopic (exact) mass is 230 g/mol. The van der Waals surface area contributed by atoms with Crippen molar-refractivity contribution in [3.8, 4) is 0 Å². The molecule has 0 amide bonds. The molecule has 0 unspecified atom stereocenters. The van der Waals surface area contributed by atoms with Crippen LogP contribution < -0.4 is 0 Å². The maximum absolute atomic E-state index is 11.9. The Labute approximate surface area is 102 Å². The standard InChI is InChI=1S/C15H18O2/c1-11(16)12-3-5-13(6-4-12)14(17)7-8-15(2)9-10-15/h3-6H,7-10H2,1-2H3. The van der Waals surface area contributed by atoms with Crippen molar-refractivity contribution in [2.24, 2.45) is 5.41 Å². The Bertz CT molecular complexity index is 438. The van der Waals surface area contributed by atoms with Crippen molar-refractivity contribution >= 4 is 11.6 Å². The molecule has 90 valence electrons. The third-order valence-corrected chi connectivity index (χ3v) is 3.67. The maximum Gasteiger partial charge on any atom is 0.162 e. The van der Waals surface area contributed by atoms with Crippen molar-refractivity contribution < 1.29 is 9.59 Å². The summed E-state index contributed by atoms with van der Waals surface area (Å²) in [6.07, 6.45) is 4.11. The second kappa shape index (κ2) is 4.44. The molecule has 0 heterocycles. The smallest absolute Gasteiger partial charge is 0.162 e. The van der Waals surface area contributed by atoms with Crippen LogP contribution in [-0.4, -0.2) is 11.6 Å². The molecular weight excluding hydrogens is 212 g/mol. The molecular formula is C15H18O2. The fraction of sp³-hybridized carbons (Fsp3) is 0.467. The molecule has 1 aromatic carbocycles. The van der Waals surface area contributed by atoms with E-state index in [1.54, 1.807) is 24.3 Å². The molecule has 0 N–H and O–H groups in total. The molecule has 0 aliphatic heterocycles. The van der Waals surface area contributed by atoms with Gasteiger partial charge in [0, 0.05) is 17.5 Å². The van der Waals surface area contributed by atoms with E-state index in [1.807, 2.05) is 0 Å². The summed E-state index contributed by atoms with van der Waals surface area (Å²) in [5.74, 6) is 0.225. The first-order valence-electron chi connectivity index (χ1n) is 6.14. The molecule has 0 bridgehead atoms. The first-order valence-corrected chi connectivity index (χ1v) is 6.14. The Morgan fingerprint density at radius 2 is 1.65 bits per heavy atom. The zero-order valence-electron chi connectivity index (χ0n) is 10.5. The van der Waals surface area contributed by atoms with Crippen molar-refractivity contribution in [2.45, 2.75) is 39.5 Å². The molecule has 0 radical (unpaired) electrons. The molecule has 1 aliphatic carbocycles. The van der Waals surface area contributed by atoms with Crippen LogP contribution >= 0.6 is 0 Å². The van der Waals surface area contributed by atoms with Crippen LogP contribution in [0.5, 0.6) is 0 Å². The first-order chi connectivity index (χ1) is 8.00. The van der Waals surface area contributed by atoms with Crippen LogP contribution in [0.4, 0.5) is 0 Å². The van der Waals surface area contributed by atoms with Gasteiger partial charge in [0.1, 0.15) is 0 Å². The van der Waals surface area contributed by atoms with Gasteiger partial charge in [-0.15, -0.1) is 0 Å². The first kappa shape index (κ1) is 12.0. The Balaban J connectivity index is 1.96. The van der Waals surface area contributed by atoms with Gasteiger partial charge >= 0.3 is 0 Å². The van der Waals surface area contributed by atoms with E-state index in [9.17, 15) is 9.59 Å². The summed E-state index contributed by atoms with van der Waals surface area (Å²) in [6, 6.07) is 6.98. The van der Waals surface area contributed by atoms with Gasteiger partial charge in [0.2, 0.25) is 0 Å². The molecule has 2 nitrogen and oxygen atoms in total. The van der Waals surface area contributed by atoms with Crippen LogP contribution in [0.2, 0.25) is 0 Å². The molecule has 0 aromatic heterocycles. The van der Waals surface area contributed by atoms with E-state index in [2.05, 4.69) is 6.92 Å². The Morgan fingerprint density at radius 1 is 1.12 bits per heavy atom. The normalized spacial score (nSPS) is 16.6. The average Bonchev–Trinajstić information content (AvgIpc) is 3.05. The van der Waals surface area contributed by atoms with Crippen LogP contribution in [0, 0.1) is 5.41 Å². The van der Waals surface area contributed by atoms with Gasteiger partial charge in [0.15, 0.2) is 11.6 Å². The van der Waals surface area contributed by atoms with Crippen molar-refractivity contribution in [3.05, 3.63) is 35.4 Å². The number of carbonyl (C=O) groups is 2. The van der Waals surface area contributed by atoms with Gasteiger partial charge in [0.25, 0.3) is 0 Å². The fourth-order valence-corrected chi connectivity index (χ4v) is 1.91. The second-order valence-electron chi connectivity index (χ2n) is 5.37. The highest BCUT2D eigenvalue weighted by molar-refractivity contribution is 5.98. The largest absolute Gasteiger partial charge is 0.295 e. The quantitative estimate of drug-likeness (QED) is 0.723. The highest BCUT2D eigenvalue weighted by atomic mass is 16.1. The van der Waals surface area contributed by atoms with Gasteiger partial charge in [-0.05, 0) is 31.6 Å². The number of hydrogen-bond acceptors (Lipinski definition) is 2. The van der Waals surface area contributed by atoms with Crippen LogP contribution in [-0.2, 0) is 0 Å². The molecule has 0 atom stereocenters. The highest BCUT2D eigenvalue weighted by Gasteiger charge is 2.36. The maximum atomic E-state index is 11.9. The van der Waals surface area contributed by atoms with E-state index in [0.717, 1.165) is 12.0 Å². The summed E-state index contributed by atoms with van der Waals surface area (Å²) in [5.41, 5.74) is 1.81. The second-order valence-corrected chi connectivity index (χ2v) is 5.37. The van der Waals surface area contributed by atoms with E-state index >= 15 is 0 Å². The number of Topliss-reactive ketones (excluding diaryl/α,β-unsaturated/α-hetero) is 2. The van der Waals surface area contributed by atoms with Gasteiger partial charge in [-0.3, -0.25) is 9.59 Å². The summed E-state index contributed by atoms with van der Waals surface area (Å²) in [6.45, 7) is 3.77.